The summed E-state index contributed by atoms with van der Waals surface area (Å²) in [5.41, 5.74) is 2.59. The number of nitrogens with one attached hydrogen (secondary N) is 1. The molecule has 0 fully saturated rings. The summed E-state index contributed by atoms with van der Waals surface area (Å²) in [7, 11) is 0. The van der Waals surface area contributed by atoms with Crippen LogP contribution in [0.15, 0.2) is 48.5 Å². The van der Waals surface area contributed by atoms with Crippen LogP contribution in [0, 0.1) is 11.7 Å². The monoisotopic (exact) mass is 312 g/mol. The van der Waals surface area contributed by atoms with Crippen molar-refractivity contribution in [3.8, 4) is 0 Å². The quantitative estimate of drug-likeness (QED) is 0.917. The zero-order valence-corrected chi connectivity index (χ0v) is 13.4. The van der Waals surface area contributed by atoms with E-state index in [0.29, 0.717) is 12.5 Å². The van der Waals surface area contributed by atoms with E-state index < -0.39 is 0 Å². The summed E-state index contributed by atoms with van der Waals surface area (Å²) < 4.78 is 13.4. The van der Waals surface area contributed by atoms with Crippen molar-refractivity contribution in [1.82, 2.24) is 0 Å². The molecule has 0 spiro atoms. The number of hydrogen-bond acceptors (Lipinski definition) is 2. The minimum atomic E-state index is -0.280. The second kappa shape index (κ2) is 6.41. The van der Waals surface area contributed by atoms with Crippen LogP contribution in [-0.4, -0.2) is 11.9 Å². The van der Waals surface area contributed by atoms with Gasteiger partial charge in [0.05, 0.1) is 17.9 Å². The van der Waals surface area contributed by atoms with E-state index in [1.54, 1.807) is 11.0 Å². The predicted molar refractivity (Wildman–Crippen MR) is 90.9 cm³/mol. The maximum atomic E-state index is 13.4. The van der Waals surface area contributed by atoms with Crippen LogP contribution < -0.4 is 10.2 Å². The van der Waals surface area contributed by atoms with Crippen molar-refractivity contribution < 1.29 is 9.18 Å². The summed E-state index contributed by atoms with van der Waals surface area (Å²) in [5.74, 6) is 0.177. The van der Waals surface area contributed by atoms with E-state index in [2.05, 4.69) is 19.2 Å². The smallest absolute Gasteiger partial charge is 0.249 e. The van der Waals surface area contributed by atoms with Gasteiger partial charge < -0.3 is 10.2 Å². The fraction of sp³-hybridized carbons (Fsp3) is 0.316. The lowest BCUT2D eigenvalue weighted by atomic mass is 9.99. The second-order valence-electron chi connectivity index (χ2n) is 6.40. The largest absolute Gasteiger partial charge is 0.372 e. The molecule has 2 aromatic rings. The Bertz CT molecular complexity index is 714. The van der Waals surface area contributed by atoms with E-state index in [1.165, 1.54) is 12.1 Å². The molecule has 2 aromatic carbocycles. The van der Waals surface area contributed by atoms with Crippen LogP contribution in [-0.2, 0) is 11.3 Å². The maximum absolute atomic E-state index is 13.4. The molecule has 0 saturated carbocycles. The first-order valence-electron chi connectivity index (χ1n) is 7.96. The fourth-order valence-electron chi connectivity index (χ4n) is 3.00. The standard InChI is InChI=1S/C19H21FN2O/c1-13(2)10-17-19(23)22(12-14-6-5-7-15(20)11-14)18-9-4-3-8-16(18)21-17/h3-9,11,13,17,21H,10,12H2,1-2H3. The van der Waals surface area contributed by atoms with Gasteiger partial charge in [-0.25, -0.2) is 4.39 Å². The van der Waals surface area contributed by atoms with E-state index in [0.717, 1.165) is 23.4 Å². The van der Waals surface area contributed by atoms with Crippen LogP contribution in [0.3, 0.4) is 0 Å². The molecule has 1 atom stereocenters. The Labute approximate surface area is 136 Å². The summed E-state index contributed by atoms with van der Waals surface area (Å²) in [6, 6.07) is 13.9. The molecule has 120 valence electrons. The molecule has 0 radical (unpaired) electrons. The van der Waals surface area contributed by atoms with Gasteiger partial charge >= 0.3 is 0 Å². The first kappa shape index (κ1) is 15.5. The molecule has 1 unspecified atom stereocenters. The zero-order chi connectivity index (χ0) is 16.4. The van der Waals surface area contributed by atoms with Crippen molar-refractivity contribution in [2.24, 2.45) is 5.92 Å². The number of rotatable bonds is 4. The Morgan fingerprint density at radius 3 is 2.70 bits per heavy atom. The number of carbonyl (C=O) groups excluding carboxylic acids is 1. The Morgan fingerprint density at radius 1 is 1.17 bits per heavy atom. The fourth-order valence-corrected chi connectivity index (χ4v) is 3.00. The number of carbonyl (C=O) groups is 1. The third-order valence-corrected chi connectivity index (χ3v) is 4.03. The van der Waals surface area contributed by atoms with Gasteiger partial charge in [-0.05, 0) is 42.2 Å². The van der Waals surface area contributed by atoms with Gasteiger partial charge in [-0.2, -0.15) is 0 Å². The summed E-state index contributed by atoms with van der Waals surface area (Å²) in [6.07, 6.45) is 0.771. The van der Waals surface area contributed by atoms with Crippen LogP contribution in [0.2, 0.25) is 0 Å². The SMILES string of the molecule is CC(C)CC1Nc2ccccc2N(Cc2cccc(F)c2)C1=O. The minimum absolute atomic E-state index is 0.0432. The molecular weight excluding hydrogens is 291 g/mol. The number of nitrogens with zero attached hydrogens (tertiary/aromatic N) is 1. The minimum Gasteiger partial charge on any atom is -0.372 e. The molecule has 0 saturated heterocycles. The molecule has 0 aromatic heterocycles. The Kier molecular flexibility index (Phi) is 4.33. The molecule has 1 aliphatic rings. The number of anilines is 2. The highest BCUT2D eigenvalue weighted by Crippen LogP contribution is 2.33. The number of benzene rings is 2. The van der Waals surface area contributed by atoms with Crippen molar-refractivity contribution in [2.45, 2.75) is 32.9 Å². The Hall–Kier alpha value is -2.36. The lowest BCUT2D eigenvalue weighted by molar-refractivity contribution is -0.120. The molecule has 1 heterocycles. The highest BCUT2D eigenvalue weighted by atomic mass is 19.1. The van der Waals surface area contributed by atoms with Gasteiger partial charge in [0.15, 0.2) is 0 Å². The molecule has 1 N–H and O–H groups in total. The Morgan fingerprint density at radius 2 is 1.96 bits per heavy atom. The maximum Gasteiger partial charge on any atom is 0.249 e. The molecule has 3 rings (SSSR count). The van der Waals surface area contributed by atoms with E-state index in [1.807, 2.05) is 30.3 Å². The molecule has 0 aliphatic carbocycles. The average molecular weight is 312 g/mol. The van der Waals surface area contributed by atoms with Crippen LogP contribution in [0.1, 0.15) is 25.8 Å². The molecule has 3 nitrogen and oxygen atoms in total. The average Bonchev–Trinajstić information content (AvgIpc) is 2.51. The first-order valence-corrected chi connectivity index (χ1v) is 7.96. The van der Waals surface area contributed by atoms with E-state index in [4.69, 9.17) is 0 Å². The second-order valence-corrected chi connectivity index (χ2v) is 6.40. The van der Waals surface area contributed by atoms with E-state index >= 15 is 0 Å². The molecule has 4 heteroatoms. The number of fused-ring (bicyclic) bond motifs is 1. The van der Waals surface area contributed by atoms with Gasteiger partial charge in [0, 0.05) is 0 Å². The van der Waals surface area contributed by atoms with Crippen molar-refractivity contribution in [2.75, 3.05) is 10.2 Å². The van der Waals surface area contributed by atoms with Crippen LogP contribution in [0.5, 0.6) is 0 Å². The van der Waals surface area contributed by atoms with Crippen molar-refractivity contribution in [1.29, 1.82) is 0 Å². The van der Waals surface area contributed by atoms with E-state index in [-0.39, 0.29) is 17.8 Å². The molecular formula is C19H21FN2O. The summed E-state index contributed by atoms with van der Waals surface area (Å²) in [6.45, 7) is 4.59. The summed E-state index contributed by atoms with van der Waals surface area (Å²) in [4.78, 5) is 14.6. The Balaban J connectivity index is 1.94. The van der Waals surface area contributed by atoms with Crippen LogP contribution >= 0.6 is 0 Å². The number of halogens is 1. The lowest BCUT2D eigenvalue weighted by Crippen LogP contribution is -2.47. The third kappa shape index (κ3) is 3.36. The lowest BCUT2D eigenvalue weighted by Gasteiger charge is -2.36. The third-order valence-electron chi connectivity index (χ3n) is 4.03. The normalized spacial score (nSPS) is 17.1. The van der Waals surface area contributed by atoms with Crippen LogP contribution in [0.4, 0.5) is 15.8 Å². The van der Waals surface area contributed by atoms with Crippen molar-refractivity contribution in [3.63, 3.8) is 0 Å². The topological polar surface area (TPSA) is 32.3 Å². The van der Waals surface area contributed by atoms with Gasteiger partial charge in [0.1, 0.15) is 11.9 Å². The van der Waals surface area contributed by atoms with Gasteiger partial charge in [-0.3, -0.25) is 4.79 Å². The van der Waals surface area contributed by atoms with Crippen molar-refractivity contribution in [3.05, 3.63) is 59.9 Å². The highest BCUT2D eigenvalue weighted by molar-refractivity contribution is 6.04. The summed E-state index contributed by atoms with van der Waals surface area (Å²) in [5, 5.41) is 3.34. The highest BCUT2D eigenvalue weighted by Gasteiger charge is 2.32. The molecule has 1 amide bonds. The zero-order valence-electron chi connectivity index (χ0n) is 13.4. The first-order chi connectivity index (χ1) is 11.0. The van der Waals surface area contributed by atoms with Crippen LogP contribution in [0.25, 0.3) is 0 Å². The number of hydrogen-bond donors (Lipinski definition) is 1. The number of amides is 1. The summed E-state index contributed by atoms with van der Waals surface area (Å²) >= 11 is 0. The van der Waals surface area contributed by atoms with Gasteiger partial charge in [0.25, 0.3) is 0 Å². The predicted octanol–water partition coefficient (Wildman–Crippen LogP) is 4.20. The van der Waals surface area contributed by atoms with Crippen molar-refractivity contribution >= 4 is 17.3 Å². The molecule has 0 bridgehead atoms. The van der Waals surface area contributed by atoms with Gasteiger partial charge in [-0.1, -0.05) is 38.1 Å². The number of para-hydroxylation sites is 2. The van der Waals surface area contributed by atoms with E-state index in [9.17, 15) is 9.18 Å². The van der Waals surface area contributed by atoms with Gasteiger partial charge in [-0.15, -0.1) is 0 Å². The molecule has 23 heavy (non-hydrogen) atoms. The molecule has 1 aliphatic heterocycles. The van der Waals surface area contributed by atoms with Gasteiger partial charge in [0.2, 0.25) is 5.91 Å².